The Morgan fingerprint density at radius 1 is 1.16 bits per heavy atom. The maximum atomic E-state index is 6.31. The molecule has 0 saturated heterocycles. The zero-order chi connectivity index (χ0) is 14.0. The molecule has 0 N–H and O–H groups in total. The topological polar surface area (TPSA) is 27.7 Å². The highest BCUT2D eigenvalue weighted by atomic mass is 35.5. The smallest absolute Gasteiger partial charge is 0.127 e. The minimum absolute atomic E-state index is 0.0396. The van der Waals surface area contributed by atoms with Gasteiger partial charge in [-0.2, -0.15) is 0 Å². The predicted molar refractivity (Wildman–Crippen MR) is 76.6 cm³/mol. The first kappa shape index (κ1) is 14.3. The molecule has 3 atom stereocenters. The summed E-state index contributed by atoms with van der Waals surface area (Å²) in [5.74, 6) is 2.23. The summed E-state index contributed by atoms with van der Waals surface area (Å²) >= 11 is 6.31. The lowest BCUT2D eigenvalue weighted by Gasteiger charge is -2.50. The number of halogens is 1. The van der Waals surface area contributed by atoms with Crippen molar-refractivity contribution in [3.63, 3.8) is 0 Å². The Bertz CT molecular complexity index is 427. The molecule has 106 valence electrons. The molecule has 0 heterocycles. The van der Waals surface area contributed by atoms with E-state index in [9.17, 15) is 0 Å². The fraction of sp³-hybridized carbons (Fsp3) is 0.600. The molecule has 4 heteroatoms. The Balaban J connectivity index is 2.15. The maximum absolute atomic E-state index is 6.31. The predicted octanol–water partition coefficient (Wildman–Crippen LogP) is 3.88. The minimum atomic E-state index is 0.0396. The third-order valence-corrected chi connectivity index (χ3v) is 4.91. The van der Waals surface area contributed by atoms with Gasteiger partial charge in [0.2, 0.25) is 0 Å². The summed E-state index contributed by atoms with van der Waals surface area (Å²) in [7, 11) is 3.26. The third kappa shape index (κ3) is 2.62. The normalized spacial score (nSPS) is 29.5. The molecule has 1 fully saturated rings. The van der Waals surface area contributed by atoms with Gasteiger partial charge in [-0.15, -0.1) is 11.6 Å². The van der Waals surface area contributed by atoms with Gasteiger partial charge in [0.25, 0.3) is 0 Å². The SMILES string of the molecule is CCC1(C)C(Cl)CC1Oc1cc(OC)cc(OC)c1. The lowest BCUT2D eigenvalue weighted by Crippen LogP contribution is -2.55. The van der Waals surface area contributed by atoms with Gasteiger partial charge in [-0.3, -0.25) is 0 Å². The average molecular weight is 285 g/mol. The van der Waals surface area contributed by atoms with Crippen LogP contribution < -0.4 is 14.2 Å². The molecule has 0 spiro atoms. The van der Waals surface area contributed by atoms with Crippen LogP contribution in [-0.4, -0.2) is 25.7 Å². The monoisotopic (exact) mass is 284 g/mol. The Morgan fingerprint density at radius 3 is 2.11 bits per heavy atom. The molecule has 3 unspecified atom stereocenters. The first-order chi connectivity index (χ1) is 9.03. The molecule has 0 aliphatic heterocycles. The molecule has 0 bridgehead atoms. The van der Waals surface area contributed by atoms with Gasteiger partial charge in [-0.1, -0.05) is 13.8 Å². The van der Waals surface area contributed by atoms with Crippen LogP contribution >= 0.6 is 11.6 Å². The van der Waals surface area contributed by atoms with Crippen LogP contribution in [0.5, 0.6) is 17.2 Å². The van der Waals surface area contributed by atoms with Gasteiger partial charge in [0.05, 0.1) is 14.2 Å². The number of rotatable bonds is 5. The second-order valence-corrected chi connectivity index (χ2v) is 5.74. The fourth-order valence-corrected chi connectivity index (χ4v) is 2.87. The van der Waals surface area contributed by atoms with Crippen molar-refractivity contribution >= 4 is 11.6 Å². The highest BCUT2D eigenvalue weighted by molar-refractivity contribution is 6.21. The Morgan fingerprint density at radius 2 is 1.68 bits per heavy atom. The summed E-state index contributed by atoms with van der Waals surface area (Å²) in [6.07, 6.45) is 2.04. The van der Waals surface area contributed by atoms with Gasteiger partial charge in [-0.05, 0) is 6.42 Å². The molecule has 0 radical (unpaired) electrons. The van der Waals surface area contributed by atoms with E-state index in [0.29, 0.717) is 0 Å². The zero-order valence-corrected chi connectivity index (χ0v) is 12.7. The number of alkyl halides is 1. The van der Waals surface area contributed by atoms with E-state index in [4.69, 9.17) is 25.8 Å². The third-order valence-electron chi connectivity index (χ3n) is 4.24. The zero-order valence-electron chi connectivity index (χ0n) is 11.9. The van der Waals surface area contributed by atoms with E-state index in [1.165, 1.54) is 0 Å². The van der Waals surface area contributed by atoms with Crippen LogP contribution in [0.25, 0.3) is 0 Å². The largest absolute Gasteiger partial charge is 0.496 e. The summed E-state index contributed by atoms with van der Waals surface area (Å²) in [5.41, 5.74) is 0.0396. The van der Waals surface area contributed by atoms with Crippen molar-refractivity contribution in [3.8, 4) is 17.2 Å². The van der Waals surface area contributed by atoms with Crippen molar-refractivity contribution in [2.75, 3.05) is 14.2 Å². The molecule has 19 heavy (non-hydrogen) atoms. The van der Waals surface area contributed by atoms with E-state index < -0.39 is 0 Å². The minimum Gasteiger partial charge on any atom is -0.496 e. The van der Waals surface area contributed by atoms with Crippen molar-refractivity contribution in [2.24, 2.45) is 5.41 Å². The van der Waals surface area contributed by atoms with Crippen LogP contribution in [0.15, 0.2) is 18.2 Å². The van der Waals surface area contributed by atoms with Gasteiger partial charge < -0.3 is 14.2 Å². The molecule has 2 rings (SSSR count). The molecule has 3 nitrogen and oxygen atoms in total. The summed E-state index contributed by atoms with van der Waals surface area (Å²) < 4.78 is 16.6. The summed E-state index contributed by atoms with van der Waals surface area (Å²) in [6, 6.07) is 5.58. The van der Waals surface area contributed by atoms with Crippen LogP contribution in [0.2, 0.25) is 0 Å². The number of hydrogen-bond donors (Lipinski definition) is 0. The Labute approximate surface area is 119 Å². The van der Waals surface area contributed by atoms with Crippen molar-refractivity contribution in [1.29, 1.82) is 0 Å². The maximum Gasteiger partial charge on any atom is 0.127 e. The van der Waals surface area contributed by atoms with Gasteiger partial charge >= 0.3 is 0 Å². The van der Waals surface area contributed by atoms with Crippen LogP contribution in [-0.2, 0) is 0 Å². The lowest BCUT2D eigenvalue weighted by atomic mass is 9.65. The van der Waals surface area contributed by atoms with E-state index in [1.807, 2.05) is 18.2 Å². The number of benzene rings is 1. The van der Waals surface area contributed by atoms with Crippen molar-refractivity contribution in [2.45, 2.75) is 38.2 Å². The van der Waals surface area contributed by atoms with Crippen LogP contribution in [0.4, 0.5) is 0 Å². The van der Waals surface area contributed by atoms with Crippen molar-refractivity contribution in [1.82, 2.24) is 0 Å². The van der Waals surface area contributed by atoms with Gasteiger partial charge in [0.15, 0.2) is 0 Å². The standard InChI is InChI=1S/C15H21ClO3/c1-5-15(2)13(16)9-14(15)19-12-7-10(17-3)6-11(8-12)18-4/h6-8,13-14H,5,9H2,1-4H3. The highest BCUT2D eigenvalue weighted by Crippen LogP contribution is 2.49. The van der Waals surface area contributed by atoms with Gasteiger partial charge in [0.1, 0.15) is 23.4 Å². The molecule has 1 aliphatic carbocycles. The summed E-state index contributed by atoms with van der Waals surface area (Å²) in [4.78, 5) is 0. The van der Waals surface area contributed by atoms with E-state index in [2.05, 4.69) is 13.8 Å². The van der Waals surface area contributed by atoms with E-state index in [1.54, 1.807) is 14.2 Å². The van der Waals surface area contributed by atoms with Crippen molar-refractivity contribution in [3.05, 3.63) is 18.2 Å². The molecule has 1 aromatic carbocycles. The van der Waals surface area contributed by atoms with Gasteiger partial charge in [0, 0.05) is 35.4 Å². The molecular weight excluding hydrogens is 264 g/mol. The Hall–Kier alpha value is -1.09. The van der Waals surface area contributed by atoms with E-state index in [-0.39, 0.29) is 16.9 Å². The van der Waals surface area contributed by atoms with Gasteiger partial charge in [-0.25, -0.2) is 0 Å². The van der Waals surface area contributed by atoms with E-state index in [0.717, 1.165) is 30.1 Å². The average Bonchev–Trinajstić information content (AvgIpc) is 2.45. The van der Waals surface area contributed by atoms with Crippen molar-refractivity contribution < 1.29 is 14.2 Å². The number of hydrogen-bond acceptors (Lipinski definition) is 3. The number of methoxy groups -OCH3 is 2. The summed E-state index contributed by atoms with van der Waals surface area (Å²) in [6.45, 7) is 4.33. The molecule has 0 amide bonds. The first-order valence-corrected chi connectivity index (χ1v) is 7.01. The quantitative estimate of drug-likeness (QED) is 0.768. The molecular formula is C15H21ClO3. The van der Waals surface area contributed by atoms with Crippen LogP contribution in [0, 0.1) is 5.41 Å². The highest BCUT2D eigenvalue weighted by Gasteiger charge is 2.51. The first-order valence-electron chi connectivity index (χ1n) is 6.57. The molecule has 0 aromatic heterocycles. The second kappa shape index (κ2) is 5.49. The molecule has 1 aromatic rings. The van der Waals surface area contributed by atoms with Crippen LogP contribution in [0.1, 0.15) is 26.7 Å². The fourth-order valence-electron chi connectivity index (χ4n) is 2.41. The number of ether oxygens (including phenoxy) is 3. The molecule has 1 saturated carbocycles. The second-order valence-electron chi connectivity index (χ2n) is 5.22. The van der Waals surface area contributed by atoms with E-state index >= 15 is 0 Å². The van der Waals surface area contributed by atoms with Crippen LogP contribution in [0.3, 0.4) is 0 Å². The molecule has 1 aliphatic rings. The summed E-state index contributed by atoms with van der Waals surface area (Å²) in [5, 5.41) is 0.190. The Kier molecular flexibility index (Phi) is 4.14. The lowest BCUT2D eigenvalue weighted by molar-refractivity contribution is -0.0296.